The van der Waals surface area contributed by atoms with Crippen LogP contribution in [-0.4, -0.2) is 19.5 Å². The van der Waals surface area contributed by atoms with Crippen molar-refractivity contribution < 1.29 is 4.42 Å². The maximum Gasteiger partial charge on any atom is 0.165 e. The van der Waals surface area contributed by atoms with Crippen LogP contribution in [0.4, 0.5) is 5.82 Å². The lowest BCUT2D eigenvalue weighted by Crippen LogP contribution is -2.26. The number of furan rings is 1. The average Bonchev–Trinajstić information content (AvgIpc) is 3.18. The molecule has 0 saturated carbocycles. The second kappa shape index (κ2) is 6.26. The van der Waals surface area contributed by atoms with E-state index in [9.17, 15) is 0 Å². The first-order valence-corrected chi connectivity index (χ1v) is 8.45. The summed E-state index contributed by atoms with van der Waals surface area (Å²) in [6, 6.07) is 4.07. The summed E-state index contributed by atoms with van der Waals surface area (Å²) in [4.78, 5) is 13.3. The van der Waals surface area contributed by atoms with Crippen molar-refractivity contribution in [2.24, 2.45) is 5.41 Å². The van der Waals surface area contributed by atoms with Crippen LogP contribution in [0.1, 0.15) is 52.2 Å². The van der Waals surface area contributed by atoms with E-state index in [0.717, 1.165) is 41.5 Å². The normalized spacial score (nSPS) is 13.4. The molecule has 6 heteroatoms. The summed E-state index contributed by atoms with van der Waals surface area (Å²) in [6.07, 6.45) is 4.27. The maximum atomic E-state index is 6.00. The highest BCUT2D eigenvalue weighted by Gasteiger charge is 2.30. The number of aromatic nitrogens is 4. The number of nitrogens with zero attached hydrogens (tertiary/aromatic N) is 4. The Balaban J connectivity index is 2.00. The van der Waals surface area contributed by atoms with Crippen molar-refractivity contribution in [2.45, 2.75) is 53.6 Å². The molecule has 0 spiro atoms. The predicted molar refractivity (Wildman–Crippen MR) is 94.9 cm³/mol. The quantitative estimate of drug-likeness (QED) is 0.760. The smallest absolute Gasteiger partial charge is 0.165 e. The van der Waals surface area contributed by atoms with E-state index in [1.165, 1.54) is 0 Å². The summed E-state index contributed by atoms with van der Waals surface area (Å²) in [5, 5.41) is 3.53. The second-order valence-electron chi connectivity index (χ2n) is 7.03. The molecule has 128 valence electrons. The van der Waals surface area contributed by atoms with Crippen LogP contribution in [0.3, 0.4) is 0 Å². The first kappa shape index (κ1) is 16.5. The van der Waals surface area contributed by atoms with E-state index in [4.69, 9.17) is 4.42 Å². The van der Waals surface area contributed by atoms with Gasteiger partial charge in [0.25, 0.3) is 0 Å². The third kappa shape index (κ3) is 3.00. The number of aryl methyl sites for hydroxylation is 2. The van der Waals surface area contributed by atoms with Gasteiger partial charge in [-0.05, 0) is 24.5 Å². The summed E-state index contributed by atoms with van der Waals surface area (Å²) < 4.78 is 8.01. The third-order valence-electron chi connectivity index (χ3n) is 4.20. The standard InChI is InChI=1S/C18H25N5O/c1-6-12-8-9-13(24-12)15(18(3,4)5)22-16-14-17(20-10-19-16)23(7-2)11-21-14/h8-11,15H,6-7H2,1-5H3,(H,19,20,22). The monoisotopic (exact) mass is 327 g/mol. The molecule has 0 bridgehead atoms. The molecule has 3 rings (SSSR count). The molecular weight excluding hydrogens is 302 g/mol. The Hall–Kier alpha value is -2.37. The Morgan fingerprint density at radius 3 is 2.58 bits per heavy atom. The highest BCUT2D eigenvalue weighted by molar-refractivity contribution is 5.82. The predicted octanol–water partition coefficient (Wildman–Crippen LogP) is 4.20. The Morgan fingerprint density at radius 1 is 1.17 bits per heavy atom. The molecule has 1 N–H and O–H groups in total. The fraction of sp³-hybridized carbons (Fsp3) is 0.500. The third-order valence-corrected chi connectivity index (χ3v) is 4.20. The minimum Gasteiger partial charge on any atom is -0.464 e. The molecule has 3 aromatic heterocycles. The van der Waals surface area contributed by atoms with Gasteiger partial charge >= 0.3 is 0 Å². The van der Waals surface area contributed by atoms with Crippen LogP contribution in [0.15, 0.2) is 29.2 Å². The average molecular weight is 327 g/mol. The lowest BCUT2D eigenvalue weighted by atomic mass is 9.85. The van der Waals surface area contributed by atoms with Crippen molar-refractivity contribution in [1.29, 1.82) is 0 Å². The van der Waals surface area contributed by atoms with Crippen molar-refractivity contribution in [3.05, 3.63) is 36.3 Å². The number of imidazole rings is 1. The molecule has 3 heterocycles. The first-order valence-electron chi connectivity index (χ1n) is 8.45. The summed E-state index contributed by atoms with van der Waals surface area (Å²) in [5.41, 5.74) is 1.58. The van der Waals surface area contributed by atoms with Gasteiger partial charge in [0, 0.05) is 13.0 Å². The minimum absolute atomic E-state index is 0.0114. The van der Waals surface area contributed by atoms with E-state index in [1.54, 1.807) is 12.7 Å². The molecule has 0 radical (unpaired) electrons. The topological polar surface area (TPSA) is 68.8 Å². The fourth-order valence-electron chi connectivity index (χ4n) is 2.81. The molecule has 0 aliphatic carbocycles. The number of nitrogens with one attached hydrogen (secondary N) is 1. The molecule has 1 unspecified atom stereocenters. The molecule has 0 amide bonds. The number of fused-ring (bicyclic) bond motifs is 1. The van der Waals surface area contributed by atoms with Crippen LogP contribution >= 0.6 is 0 Å². The fourth-order valence-corrected chi connectivity index (χ4v) is 2.81. The van der Waals surface area contributed by atoms with Gasteiger partial charge in [-0.25, -0.2) is 15.0 Å². The second-order valence-corrected chi connectivity index (χ2v) is 7.03. The van der Waals surface area contributed by atoms with E-state index in [1.807, 2.05) is 16.7 Å². The Kier molecular flexibility index (Phi) is 4.30. The van der Waals surface area contributed by atoms with E-state index >= 15 is 0 Å². The van der Waals surface area contributed by atoms with Crippen LogP contribution in [-0.2, 0) is 13.0 Å². The Morgan fingerprint density at radius 2 is 1.96 bits per heavy atom. The van der Waals surface area contributed by atoms with E-state index < -0.39 is 0 Å². The van der Waals surface area contributed by atoms with E-state index in [-0.39, 0.29) is 11.5 Å². The van der Waals surface area contributed by atoms with E-state index in [2.05, 4.69) is 54.9 Å². The van der Waals surface area contributed by atoms with Crippen LogP contribution in [0.5, 0.6) is 0 Å². The van der Waals surface area contributed by atoms with Crippen molar-refractivity contribution in [3.63, 3.8) is 0 Å². The van der Waals surface area contributed by atoms with Crippen LogP contribution in [0, 0.1) is 5.41 Å². The van der Waals surface area contributed by atoms with Crippen LogP contribution in [0.25, 0.3) is 11.2 Å². The minimum atomic E-state index is -0.0482. The molecule has 0 aromatic carbocycles. The number of hydrogen-bond donors (Lipinski definition) is 1. The summed E-state index contributed by atoms with van der Waals surface area (Å²) in [7, 11) is 0. The highest BCUT2D eigenvalue weighted by atomic mass is 16.3. The van der Waals surface area contributed by atoms with Crippen molar-refractivity contribution >= 4 is 17.0 Å². The van der Waals surface area contributed by atoms with Gasteiger partial charge in [-0.15, -0.1) is 0 Å². The number of rotatable bonds is 5. The molecule has 24 heavy (non-hydrogen) atoms. The lowest BCUT2D eigenvalue weighted by molar-refractivity contribution is 0.298. The number of anilines is 1. The SMILES string of the molecule is CCc1ccc(C(Nc2ncnc3c2ncn3CC)C(C)(C)C)o1. The highest BCUT2D eigenvalue weighted by Crippen LogP contribution is 2.37. The molecule has 0 aliphatic heterocycles. The molecule has 6 nitrogen and oxygen atoms in total. The van der Waals surface area contributed by atoms with Crippen molar-refractivity contribution in [1.82, 2.24) is 19.5 Å². The summed E-state index contributed by atoms with van der Waals surface area (Å²) in [5.74, 6) is 2.65. The van der Waals surface area contributed by atoms with Gasteiger partial charge in [0.1, 0.15) is 23.4 Å². The molecular formula is C18H25N5O. The zero-order chi connectivity index (χ0) is 17.3. The van der Waals surface area contributed by atoms with Crippen LogP contribution < -0.4 is 5.32 Å². The molecule has 3 aromatic rings. The zero-order valence-corrected chi connectivity index (χ0v) is 15.0. The van der Waals surface area contributed by atoms with Gasteiger partial charge in [0.05, 0.1) is 12.4 Å². The van der Waals surface area contributed by atoms with Crippen molar-refractivity contribution in [2.75, 3.05) is 5.32 Å². The van der Waals surface area contributed by atoms with Gasteiger partial charge in [-0.3, -0.25) is 0 Å². The zero-order valence-electron chi connectivity index (χ0n) is 15.0. The van der Waals surface area contributed by atoms with Gasteiger partial charge < -0.3 is 14.3 Å². The maximum absolute atomic E-state index is 6.00. The summed E-state index contributed by atoms with van der Waals surface area (Å²) >= 11 is 0. The summed E-state index contributed by atoms with van der Waals surface area (Å²) in [6.45, 7) is 11.5. The van der Waals surface area contributed by atoms with Gasteiger partial charge in [-0.1, -0.05) is 27.7 Å². The molecule has 1 atom stereocenters. The van der Waals surface area contributed by atoms with Gasteiger partial charge in [0.15, 0.2) is 11.5 Å². The van der Waals surface area contributed by atoms with Crippen LogP contribution in [0.2, 0.25) is 0 Å². The Labute approximate surface area is 142 Å². The van der Waals surface area contributed by atoms with E-state index in [0.29, 0.717) is 0 Å². The molecule has 0 saturated heterocycles. The van der Waals surface area contributed by atoms with Crippen molar-refractivity contribution in [3.8, 4) is 0 Å². The molecule has 0 aliphatic rings. The lowest BCUT2D eigenvalue weighted by Gasteiger charge is -2.30. The molecule has 0 fully saturated rings. The number of hydrogen-bond acceptors (Lipinski definition) is 5. The van der Waals surface area contributed by atoms with Gasteiger partial charge in [-0.2, -0.15) is 0 Å². The first-order chi connectivity index (χ1) is 11.4. The van der Waals surface area contributed by atoms with Gasteiger partial charge in [0.2, 0.25) is 0 Å². The Bertz CT molecular complexity index is 827. The largest absolute Gasteiger partial charge is 0.464 e.